The minimum atomic E-state index is -1.22. The van der Waals surface area contributed by atoms with Crippen LogP contribution in [0.15, 0.2) is 11.5 Å². The Morgan fingerprint density at radius 1 is 1.60 bits per heavy atom. The predicted octanol–water partition coefficient (Wildman–Crippen LogP) is 0.745. The highest BCUT2D eigenvalue weighted by molar-refractivity contribution is 6.50. The van der Waals surface area contributed by atoms with Crippen LogP contribution in [0.3, 0.4) is 0 Å². The maximum atomic E-state index is 8.78. The number of hydrogen-bond acceptors (Lipinski definition) is 2. The highest BCUT2D eigenvalue weighted by atomic mass is 16.4. The molecule has 0 aromatic heterocycles. The topological polar surface area (TPSA) is 40.5 Å². The highest BCUT2D eigenvalue weighted by Gasteiger charge is 2.18. The van der Waals surface area contributed by atoms with Gasteiger partial charge in [0, 0.05) is 0 Å². The molecule has 0 aromatic carbocycles. The lowest BCUT2D eigenvalue weighted by Gasteiger charge is -2.16. The summed E-state index contributed by atoms with van der Waals surface area (Å²) in [5.41, 5.74) is 0.791. The highest BCUT2D eigenvalue weighted by Crippen LogP contribution is 2.22. The molecule has 0 fully saturated rings. The van der Waals surface area contributed by atoms with Gasteiger partial charge in [-0.2, -0.15) is 0 Å². The Labute approximate surface area is 61.7 Å². The molecule has 56 valence electrons. The van der Waals surface area contributed by atoms with Crippen LogP contribution < -0.4 is 0 Å². The summed E-state index contributed by atoms with van der Waals surface area (Å²) in [5, 5.41) is 17.6. The zero-order valence-electron chi connectivity index (χ0n) is 6.25. The fraction of sp³-hybridized carbons (Fsp3) is 0.714. The molecule has 3 heteroatoms. The van der Waals surface area contributed by atoms with E-state index in [-0.39, 0.29) is 0 Å². The SMILES string of the molecule is CC1C=C(B(O)O)CCC1. The molecule has 2 nitrogen and oxygen atoms in total. The van der Waals surface area contributed by atoms with E-state index >= 15 is 0 Å². The summed E-state index contributed by atoms with van der Waals surface area (Å²) < 4.78 is 0. The van der Waals surface area contributed by atoms with E-state index in [1.807, 2.05) is 6.08 Å². The fourth-order valence-corrected chi connectivity index (χ4v) is 1.38. The maximum Gasteiger partial charge on any atom is 0.483 e. The Hall–Kier alpha value is -0.275. The molecule has 1 aliphatic rings. The van der Waals surface area contributed by atoms with Crippen molar-refractivity contribution in [2.24, 2.45) is 5.92 Å². The van der Waals surface area contributed by atoms with Crippen LogP contribution in [-0.2, 0) is 0 Å². The standard InChI is InChI=1S/C7H13BO2/c1-6-3-2-4-7(5-6)8(9)10/h5-6,9-10H,2-4H2,1H3. The lowest BCUT2D eigenvalue weighted by atomic mass is 9.72. The van der Waals surface area contributed by atoms with Gasteiger partial charge in [0.25, 0.3) is 0 Å². The molecule has 1 unspecified atom stereocenters. The second-order valence-corrected chi connectivity index (χ2v) is 2.98. The first-order valence-corrected chi connectivity index (χ1v) is 3.77. The van der Waals surface area contributed by atoms with Crippen molar-refractivity contribution >= 4 is 7.12 Å². The summed E-state index contributed by atoms with van der Waals surface area (Å²) in [5.74, 6) is 0.519. The third-order valence-corrected chi connectivity index (χ3v) is 1.96. The van der Waals surface area contributed by atoms with E-state index in [1.165, 1.54) is 6.42 Å². The van der Waals surface area contributed by atoms with E-state index in [1.54, 1.807) is 0 Å². The lowest BCUT2D eigenvalue weighted by molar-refractivity contribution is 0.410. The van der Waals surface area contributed by atoms with E-state index < -0.39 is 7.12 Å². The van der Waals surface area contributed by atoms with Crippen LogP contribution >= 0.6 is 0 Å². The number of rotatable bonds is 1. The van der Waals surface area contributed by atoms with E-state index in [9.17, 15) is 0 Å². The van der Waals surface area contributed by atoms with Gasteiger partial charge in [0.2, 0.25) is 0 Å². The van der Waals surface area contributed by atoms with Gasteiger partial charge in [-0.1, -0.05) is 13.0 Å². The van der Waals surface area contributed by atoms with Crippen LogP contribution in [0.2, 0.25) is 0 Å². The molecule has 0 aromatic rings. The molecule has 0 heterocycles. The first kappa shape index (κ1) is 7.83. The molecule has 1 aliphatic carbocycles. The average molecular weight is 140 g/mol. The van der Waals surface area contributed by atoms with Gasteiger partial charge in [-0.15, -0.1) is 0 Å². The van der Waals surface area contributed by atoms with Crippen molar-refractivity contribution in [2.45, 2.75) is 26.2 Å². The van der Waals surface area contributed by atoms with E-state index in [4.69, 9.17) is 10.0 Å². The number of allylic oxidation sites excluding steroid dienone is 2. The van der Waals surface area contributed by atoms with Gasteiger partial charge in [0.05, 0.1) is 0 Å². The monoisotopic (exact) mass is 140 g/mol. The first-order chi connectivity index (χ1) is 4.70. The van der Waals surface area contributed by atoms with Crippen molar-refractivity contribution in [1.82, 2.24) is 0 Å². The second-order valence-electron chi connectivity index (χ2n) is 2.98. The smallest absolute Gasteiger partial charge is 0.423 e. The molecule has 0 aliphatic heterocycles. The van der Waals surface area contributed by atoms with Gasteiger partial charge >= 0.3 is 7.12 Å². The van der Waals surface area contributed by atoms with E-state index in [2.05, 4.69) is 6.92 Å². The van der Waals surface area contributed by atoms with Crippen LogP contribution in [0.1, 0.15) is 26.2 Å². The van der Waals surface area contributed by atoms with E-state index in [0.717, 1.165) is 18.3 Å². The van der Waals surface area contributed by atoms with Crippen molar-refractivity contribution in [3.05, 3.63) is 11.5 Å². The zero-order chi connectivity index (χ0) is 7.56. The quantitative estimate of drug-likeness (QED) is 0.527. The third-order valence-electron chi connectivity index (χ3n) is 1.96. The largest absolute Gasteiger partial charge is 0.483 e. The summed E-state index contributed by atoms with van der Waals surface area (Å²) in [7, 11) is -1.22. The Kier molecular flexibility index (Phi) is 2.52. The molecule has 10 heavy (non-hydrogen) atoms. The second kappa shape index (κ2) is 3.22. The summed E-state index contributed by atoms with van der Waals surface area (Å²) in [4.78, 5) is 0. The molecule has 0 amide bonds. The Morgan fingerprint density at radius 2 is 2.30 bits per heavy atom. The Bertz CT molecular complexity index is 143. The molecular formula is C7H13BO2. The molecule has 0 bridgehead atoms. The van der Waals surface area contributed by atoms with Gasteiger partial charge in [-0.3, -0.25) is 0 Å². The number of hydrogen-bond donors (Lipinski definition) is 2. The molecule has 0 radical (unpaired) electrons. The summed E-state index contributed by atoms with van der Waals surface area (Å²) in [6.45, 7) is 2.10. The minimum Gasteiger partial charge on any atom is -0.423 e. The first-order valence-electron chi connectivity index (χ1n) is 3.77. The summed E-state index contributed by atoms with van der Waals surface area (Å²) in [6.07, 6.45) is 5.08. The molecule has 0 spiro atoms. The van der Waals surface area contributed by atoms with Crippen LogP contribution in [-0.4, -0.2) is 17.2 Å². The van der Waals surface area contributed by atoms with Crippen molar-refractivity contribution in [3.63, 3.8) is 0 Å². The maximum absolute atomic E-state index is 8.78. The Balaban J connectivity index is 2.57. The normalized spacial score (nSPS) is 25.9. The van der Waals surface area contributed by atoms with Gasteiger partial charge in [-0.05, 0) is 30.7 Å². The molecule has 2 N–H and O–H groups in total. The molecular weight excluding hydrogens is 127 g/mol. The van der Waals surface area contributed by atoms with Crippen LogP contribution in [0.5, 0.6) is 0 Å². The van der Waals surface area contributed by atoms with Crippen molar-refractivity contribution in [1.29, 1.82) is 0 Å². The lowest BCUT2D eigenvalue weighted by Crippen LogP contribution is -2.18. The predicted molar refractivity (Wildman–Crippen MR) is 41.3 cm³/mol. The van der Waals surface area contributed by atoms with Crippen LogP contribution in [0.25, 0.3) is 0 Å². The molecule has 0 saturated heterocycles. The average Bonchev–Trinajstić information content (AvgIpc) is 1.88. The Morgan fingerprint density at radius 3 is 2.70 bits per heavy atom. The van der Waals surface area contributed by atoms with Crippen molar-refractivity contribution in [3.8, 4) is 0 Å². The summed E-state index contributed by atoms with van der Waals surface area (Å²) in [6, 6.07) is 0. The molecule has 1 atom stereocenters. The summed E-state index contributed by atoms with van der Waals surface area (Å²) >= 11 is 0. The van der Waals surface area contributed by atoms with Crippen LogP contribution in [0, 0.1) is 5.92 Å². The molecule has 1 rings (SSSR count). The van der Waals surface area contributed by atoms with E-state index in [0.29, 0.717) is 5.92 Å². The van der Waals surface area contributed by atoms with Crippen molar-refractivity contribution in [2.75, 3.05) is 0 Å². The van der Waals surface area contributed by atoms with Crippen molar-refractivity contribution < 1.29 is 10.0 Å². The van der Waals surface area contributed by atoms with Gasteiger partial charge in [0.15, 0.2) is 0 Å². The van der Waals surface area contributed by atoms with Gasteiger partial charge in [-0.25, -0.2) is 0 Å². The van der Waals surface area contributed by atoms with Gasteiger partial charge < -0.3 is 10.0 Å². The van der Waals surface area contributed by atoms with Gasteiger partial charge in [0.1, 0.15) is 0 Å². The molecule has 0 saturated carbocycles. The zero-order valence-corrected chi connectivity index (χ0v) is 6.25. The third kappa shape index (κ3) is 1.85. The minimum absolute atomic E-state index is 0.519. The fourth-order valence-electron chi connectivity index (χ4n) is 1.38. The van der Waals surface area contributed by atoms with Crippen LogP contribution in [0.4, 0.5) is 0 Å².